The summed E-state index contributed by atoms with van der Waals surface area (Å²) in [5.41, 5.74) is 1.81. The number of nitrogens with zero attached hydrogens (tertiary/aromatic N) is 2. The quantitative estimate of drug-likeness (QED) is 0.508. The number of hydrogen-bond donors (Lipinski definition) is 0. The zero-order valence-electron chi connectivity index (χ0n) is 10.8. The number of non-ortho nitro benzene ring substituents is 1. The van der Waals surface area contributed by atoms with Gasteiger partial charge in [-0.1, -0.05) is 29.3 Å². The van der Waals surface area contributed by atoms with Crippen molar-refractivity contribution in [2.45, 2.75) is 6.54 Å². The minimum Gasteiger partial charge on any atom is -0.343 e. The largest absolute Gasteiger partial charge is 0.343 e. The summed E-state index contributed by atoms with van der Waals surface area (Å²) in [7, 11) is 0. The molecule has 0 aliphatic rings. The van der Waals surface area contributed by atoms with Crippen molar-refractivity contribution < 1.29 is 4.92 Å². The number of aromatic nitrogens is 1. The Morgan fingerprint density at radius 2 is 1.81 bits per heavy atom. The molecule has 1 heterocycles. The van der Waals surface area contributed by atoms with E-state index >= 15 is 0 Å². The molecule has 21 heavy (non-hydrogen) atoms. The molecule has 3 rings (SSSR count). The van der Waals surface area contributed by atoms with Gasteiger partial charge in [-0.15, -0.1) is 0 Å². The van der Waals surface area contributed by atoms with Crippen LogP contribution in [0.1, 0.15) is 5.56 Å². The van der Waals surface area contributed by atoms with Gasteiger partial charge in [0.05, 0.1) is 11.5 Å². The first-order chi connectivity index (χ1) is 10.1. The van der Waals surface area contributed by atoms with E-state index in [0.717, 1.165) is 16.5 Å². The van der Waals surface area contributed by atoms with Gasteiger partial charge in [0.15, 0.2) is 0 Å². The van der Waals surface area contributed by atoms with Crippen LogP contribution in [0.15, 0.2) is 48.7 Å². The predicted molar refractivity (Wildman–Crippen MR) is 84.2 cm³/mol. The predicted octanol–water partition coefficient (Wildman–Crippen LogP) is 4.90. The molecule has 1 aromatic heterocycles. The smallest absolute Gasteiger partial charge is 0.270 e. The Bertz CT molecular complexity index is 823. The third-order valence-corrected chi connectivity index (χ3v) is 4.06. The molecule has 0 aliphatic heterocycles. The summed E-state index contributed by atoms with van der Waals surface area (Å²) in [5, 5.41) is 12.8. The van der Waals surface area contributed by atoms with Crippen LogP contribution in [0.3, 0.4) is 0 Å². The highest BCUT2D eigenvalue weighted by Crippen LogP contribution is 2.28. The average Bonchev–Trinajstić information content (AvgIpc) is 2.85. The number of benzene rings is 2. The minimum absolute atomic E-state index is 0.0797. The average molecular weight is 321 g/mol. The van der Waals surface area contributed by atoms with Crippen molar-refractivity contribution in [3.05, 3.63) is 74.4 Å². The molecular formula is C15H10Cl2N2O2. The lowest BCUT2D eigenvalue weighted by molar-refractivity contribution is -0.384. The van der Waals surface area contributed by atoms with Crippen molar-refractivity contribution in [1.29, 1.82) is 0 Å². The number of halogens is 2. The Kier molecular flexibility index (Phi) is 3.57. The molecule has 0 bridgehead atoms. The third-order valence-electron chi connectivity index (χ3n) is 3.36. The van der Waals surface area contributed by atoms with Gasteiger partial charge in [-0.05, 0) is 24.3 Å². The molecule has 2 aromatic carbocycles. The third kappa shape index (κ3) is 2.60. The van der Waals surface area contributed by atoms with Gasteiger partial charge in [0.1, 0.15) is 0 Å². The summed E-state index contributed by atoms with van der Waals surface area (Å²) in [6.45, 7) is 0.514. The van der Waals surface area contributed by atoms with Gasteiger partial charge < -0.3 is 4.57 Å². The van der Waals surface area contributed by atoms with Crippen molar-refractivity contribution in [2.75, 3.05) is 0 Å². The molecule has 0 atom stereocenters. The Balaban J connectivity index is 2.04. The molecule has 0 saturated carbocycles. The van der Waals surface area contributed by atoms with Crippen LogP contribution in [0.25, 0.3) is 10.9 Å². The van der Waals surface area contributed by atoms with Gasteiger partial charge >= 0.3 is 0 Å². The van der Waals surface area contributed by atoms with Gasteiger partial charge in [-0.25, -0.2) is 0 Å². The number of nitro benzene ring substituents is 1. The first kappa shape index (κ1) is 13.9. The van der Waals surface area contributed by atoms with Gasteiger partial charge in [-0.2, -0.15) is 0 Å². The standard InChI is InChI=1S/C15H10Cl2N2O2/c16-13-2-1-3-14(17)12(13)9-18-7-6-10-8-11(19(20)21)4-5-15(10)18/h1-8H,9H2. The molecule has 3 aromatic rings. The summed E-state index contributed by atoms with van der Waals surface area (Å²) in [5.74, 6) is 0. The molecule has 0 amide bonds. The van der Waals surface area contributed by atoms with Gasteiger partial charge in [0, 0.05) is 44.8 Å². The number of hydrogen-bond acceptors (Lipinski definition) is 2. The fourth-order valence-electron chi connectivity index (χ4n) is 2.29. The van der Waals surface area contributed by atoms with Crippen LogP contribution < -0.4 is 0 Å². The van der Waals surface area contributed by atoms with E-state index in [4.69, 9.17) is 23.2 Å². The molecule has 106 valence electrons. The second kappa shape index (κ2) is 5.39. The van der Waals surface area contributed by atoms with Crippen molar-refractivity contribution in [1.82, 2.24) is 4.57 Å². The summed E-state index contributed by atoms with van der Waals surface area (Å²) >= 11 is 12.4. The highest BCUT2D eigenvalue weighted by molar-refractivity contribution is 6.36. The lowest BCUT2D eigenvalue weighted by Gasteiger charge is -2.09. The van der Waals surface area contributed by atoms with E-state index in [1.54, 1.807) is 30.3 Å². The summed E-state index contributed by atoms with van der Waals surface area (Å²) < 4.78 is 1.96. The van der Waals surface area contributed by atoms with Crippen LogP contribution in [-0.4, -0.2) is 9.49 Å². The Morgan fingerprint density at radius 3 is 2.48 bits per heavy atom. The van der Waals surface area contributed by atoms with Gasteiger partial charge in [-0.3, -0.25) is 10.1 Å². The van der Waals surface area contributed by atoms with E-state index in [-0.39, 0.29) is 5.69 Å². The fraction of sp³-hybridized carbons (Fsp3) is 0.0667. The lowest BCUT2D eigenvalue weighted by atomic mass is 10.2. The lowest BCUT2D eigenvalue weighted by Crippen LogP contribution is -1.99. The molecule has 0 radical (unpaired) electrons. The second-order valence-corrected chi connectivity index (χ2v) is 5.46. The van der Waals surface area contributed by atoms with E-state index < -0.39 is 4.92 Å². The van der Waals surface area contributed by atoms with Crippen LogP contribution in [0.2, 0.25) is 10.0 Å². The maximum Gasteiger partial charge on any atom is 0.270 e. The van der Waals surface area contributed by atoms with Crippen LogP contribution in [0, 0.1) is 10.1 Å². The van der Waals surface area contributed by atoms with Crippen molar-refractivity contribution in [3.63, 3.8) is 0 Å². The first-order valence-corrected chi connectivity index (χ1v) is 6.98. The highest BCUT2D eigenvalue weighted by atomic mass is 35.5. The molecule has 0 aliphatic carbocycles. The van der Waals surface area contributed by atoms with E-state index in [9.17, 15) is 10.1 Å². The molecule has 0 fully saturated rings. The molecule has 0 saturated heterocycles. The van der Waals surface area contributed by atoms with E-state index in [1.165, 1.54) is 6.07 Å². The maximum atomic E-state index is 10.8. The molecule has 0 spiro atoms. The van der Waals surface area contributed by atoms with Crippen LogP contribution >= 0.6 is 23.2 Å². The van der Waals surface area contributed by atoms with E-state index in [0.29, 0.717) is 16.6 Å². The zero-order chi connectivity index (χ0) is 15.0. The molecule has 4 nitrogen and oxygen atoms in total. The molecular weight excluding hydrogens is 311 g/mol. The van der Waals surface area contributed by atoms with Crippen molar-refractivity contribution in [3.8, 4) is 0 Å². The summed E-state index contributed by atoms with van der Waals surface area (Å²) in [6, 6.07) is 12.0. The molecule has 0 unspecified atom stereocenters. The maximum absolute atomic E-state index is 10.8. The van der Waals surface area contributed by atoms with E-state index in [1.807, 2.05) is 16.8 Å². The van der Waals surface area contributed by atoms with Crippen LogP contribution in [0.4, 0.5) is 5.69 Å². The fourth-order valence-corrected chi connectivity index (χ4v) is 2.81. The van der Waals surface area contributed by atoms with Gasteiger partial charge in [0.2, 0.25) is 0 Å². The van der Waals surface area contributed by atoms with Crippen LogP contribution in [-0.2, 0) is 6.54 Å². The summed E-state index contributed by atoms with van der Waals surface area (Å²) in [6.07, 6.45) is 1.87. The zero-order valence-corrected chi connectivity index (χ0v) is 12.3. The van der Waals surface area contributed by atoms with Crippen molar-refractivity contribution >= 4 is 39.8 Å². The first-order valence-electron chi connectivity index (χ1n) is 6.22. The van der Waals surface area contributed by atoms with Crippen molar-refractivity contribution in [2.24, 2.45) is 0 Å². The Hall–Kier alpha value is -2.04. The SMILES string of the molecule is O=[N+]([O-])c1ccc2c(ccn2Cc2c(Cl)cccc2Cl)c1. The molecule has 6 heteroatoms. The van der Waals surface area contributed by atoms with E-state index in [2.05, 4.69) is 0 Å². The Morgan fingerprint density at radius 1 is 1.10 bits per heavy atom. The normalized spacial score (nSPS) is 11.0. The number of nitro groups is 1. The number of rotatable bonds is 3. The second-order valence-electron chi connectivity index (χ2n) is 4.64. The summed E-state index contributed by atoms with van der Waals surface area (Å²) in [4.78, 5) is 10.4. The topological polar surface area (TPSA) is 48.1 Å². The Labute approximate surface area is 130 Å². The van der Waals surface area contributed by atoms with Crippen LogP contribution in [0.5, 0.6) is 0 Å². The monoisotopic (exact) mass is 320 g/mol. The number of fused-ring (bicyclic) bond motifs is 1. The minimum atomic E-state index is -0.401. The molecule has 0 N–H and O–H groups in total. The highest BCUT2D eigenvalue weighted by Gasteiger charge is 2.11. The van der Waals surface area contributed by atoms with Gasteiger partial charge in [0.25, 0.3) is 5.69 Å².